The Labute approximate surface area is 220 Å². The van der Waals surface area contributed by atoms with Gasteiger partial charge in [0.2, 0.25) is 0 Å². The fourth-order valence-electron chi connectivity index (χ4n) is 3.22. The first-order chi connectivity index (χ1) is 17.4. The topological polar surface area (TPSA) is 78.4 Å². The lowest BCUT2D eigenvalue weighted by Crippen LogP contribution is -2.17. The molecule has 0 spiro atoms. The van der Waals surface area contributed by atoms with Crippen LogP contribution in [0.15, 0.2) is 59.7 Å². The average molecular weight is 531 g/mol. The summed E-state index contributed by atoms with van der Waals surface area (Å²) < 4.78 is 22.6. The predicted molar refractivity (Wildman–Crippen MR) is 142 cm³/mol. The van der Waals surface area contributed by atoms with Crippen LogP contribution in [0.2, 0.25) is 10.0 Å². The second kappa shape index (κ2) is 13.6. The SMILES string of the molecule is CCCOc1ccc(C(=O)N/N=C/c2cc(Cl)c(OCc3cccc(Cl)c3)c(OCC)c2)cc1OC. The molecule has 0 atom stereocenters. The molecular weight excluding hydrogens is 503 g/mol. The van der Waals surface area contributed by atoms with E-state index in [1.807, 2.05) is 32.0 Å². The van der Waals surface area contributed by atoms with E-state index in [2.05, 4.69) is 10.5 Å². The van der Waals surface area contributed by atoms with Crippen LogP contribution in [-0.2, 0) is 6.61 Å². The lowest BCUT2D eigenvalue weighted by molar-refractivity contribution is 0.0954. The molecule has 3 aromatic rings. The second-order valence-electron chi connectivity index (χ2n) is 7.59. The Morgan fingerprint density at radius 2 is 1.81 bits per heavy atom. The summed E-state index contributed by atoms with van der Waals surface area (Å²) in [7, 11) is 1.52. The van der Waals surface area contributed by atoms with E-state index in [4.69, 9.17) is 42.1 Å². The van der Waals surface area contributed by atoms with Crippen LogP contribution < -0.4 is 24.4 Å². The molecule has 0 saturated carbocycles. The van der Waals surface area contributed by atoms with Crippen molar-refractivity contribution in [2.24, 2.45) is 5.10 Å². The van der Waals surface area contributed by atoms with E-state index in [0.717, 1.165) is 12.0 Å². The fourth-order valence-corrected chi connectivity index (χ4v) is 3.70. The highest BCUT2D eigenvalue weighted by molar-refractivity contribution is 6.32. The van der Waals surface area contributed by atoms with Crippen LogP contribution in [0.25, 0.3) is 0 Å². The first kappa shape index (κ1) is 27.2. The van der Waals surface area contributed by atoms with E-state index < -0.39 is 5.91 Å². The molecule has 0 aromatic heterocycles. The number of benzene rings is 3. The predicted octanol–water partition coefficient (Wildman–Crippen LogP) is 6.53. The lowest BCUT2D eigenvalue weighted by Gasteiger charge is -2.14. The Hall–Kier alpha value is -3.42. The molecule has 7 nitrogen and oxygen atoms in total. The zero-order valence-electron chi connectivity index (χ0n) is 20.3. The minimum Gasteiger partial charge on any atom is -0.493 e. The van der Waals surface area contributed by atoms with Gasteiger partial charge in [0.15, 0.2) is 23.0 Å². The van der Waals surface area contributed by atoms with Crippen molar-refractivity contribution in [1.82, 2.24) is 5.43 Å². The van der Waals surface area contributed by atoms with E-state index in [9.17, 15) is 4.79 Å². The summed E-state index contributed by atoms with van der Waals surface area (Å²) >= 11 is 12.5. The first-order valence-corrected chi connectivity index (χ1v) is 12.2. The van der Waals surface area contributed by atoms with Crippen molar-refractivity contribution in [1.29, 1.82) is 0 Å². The lowest BCUT2D eigenvalue weighted by atomic mass is 10.2. The van der Waals surface area contributed by atoms with Gasteiger partial charge in [-0.3, -0.25) is 4.79 Å². The van der Waals surface area contributed by atoms with Gasteiger partial charge in [-0.1, -0.05) is 42.3 Å². The van der Waals surface area contributed by atoms with Gasteiger partial charge < -0.3 is 18.9 Å². The molecular formula is C27H28Cl2N2O5. The molecule has 0 aliphatic heterocycles. The van der Waals surface area contributed by atoms with Crippen LogP contribution in [0.5, 0.6) is 23.0 Å². The molecule has 3 rings (SSSR count). The summed E-state index contributed by atoms with van der Waals surface area (Å²) in [6.45, 7) is 5.13. The smallest absolute Gasteiger partial charge is 0.271 e. The normalized spacial score (nSPS) is 10.8. The summed E-state index contributed by atoms with van der Waals surface area (Å²) in [5.41, 5.74) is 4.41. The Morgan fingerprint density at radius 1 is 0.972 bits per heavy atom. The molecule has 0 fully saturated rings. The number of methoxy groups -OCH3 is 1. The molecule has 0 bridgehead atoms. The molecule has 190 valence electrons. The largest absolute Gasteiger partial charge is 0.493 e. The number of rotatable bonds is 12. The molecule has 1 N–H and O–H groups in total. The molecule has 0 aliphatic rings. The number of nitrogens with zero attached hydrogens (tertiary/aromatic N) is 1. The van der Waals surface area contributed by atoms with Crippen molar-refractivity contribution in [2.45, 2.75) is 26.9 Å². The number of hydrazone groups is 1. The number of carbonyl (C=O) groups is 1. The van der Waals surface area contributed by atoms with Crippen molar-refractivity contribution >= 4 is 35.3 Å². The minimum atomic E-state index is -0.399. The van der Waals surface area contributed by atoms with Gasteiger partial charge in [0, 0.05) is 10.6 Å². The zero-order chi connectivity index (χ0) is 25.9. The molecule has 36 heavy (non-hydrogen) atoms. The monoisotopic (exact) mass is 530 g/mol. The van der Waals surface area contributed by atoms with Crippen molar-refractivity contribution in [3.63, 3.8) is 0 Å². The molecule has 0 unspecified atom stereocenters. The van der Waals surface area contributed by atoms with Crippen molar-refractivity contribution in [2.75, 3.05) is 20.3 Å². The van der Waals surface area contributed by atoms with Crippen molar-refractivity contribution in [3.05, 3.63) is 81.3 Å². The van der Waals surface area contributed by atoms with Gasteiger partial charge in [-0.05, 0) is 66.9 Å². The second-order valence-corrected chi connectivity index (χ2v) is 8.44. The Bertz CT molecular complexity index is 1220. The Kier molecular flexibility index (Phi) is 10.3. The maximum absolute atomic E-state index is 12.6. The fraction of sp³-hybridized carbons (Fsp3) is 0.259. The van der Waals surface area contributed by atoms with Crippen molar-refractivity contribution in [3.8, 4) is 23.0 Å². The van der Waals surface area contributed by atoms with Gasteiger partial charge in [-0.15, -0.1) is 0 Å². The highest BCUT2D eigenvalue weighted by Crippen LogP contribution is 2.37. The summed E-state index contributed by atoms with van der Waals surface area (Å²) in [5, 5.41) is 5.03. The summed E-state index contributed by atoms with van der Waals surface area (Å²) in [4.78, 5) is 12.6. The van der Waals surface area contributed by atoms with E-state index in [0.29, 0.717) is 57.4 Å². The van der Waals surface area contributed by atoms with Crippen LogP contribution in [0, 0.1) is 0 Å². The first-order valence-electron chi connectivity index (χ1n) is 11.4. The third kappa shape index (κ3) is 7.54. The number of carbonyl (C=O) groups excluding carboxylic acids is 1. The van der Waals surface area contributed by atoms with Crippen LogP contribution >= 0.6 is 23.2 Å². The van der Waals surface area contributed by atoms with Gasteiger partial charge in [-0.2, -0.15) is 5.10 Å². The van der Waals surface area contributed by atoms with E-state index >= 15 is 0 Å². The average Bonchev–Trinajstić information content (AvgIpc) is 2.87. The van der Waals surface area contributed by atoms with Crippen LogP contribution in [0.4, 0.5) is 0 Å². The zero-order valence-corrected chi connectivity index (χ0v) is 21.9. The minimum absolute atomic E-state index is 0.273. The third-order valence-corrected chi connectivity index (χ3v) is 5.39. The van der Waals surface area contributed by atoms with Crippen molar-refractivity contribution < 1.29 is 23.7 Å². The van der Waals surface area contributed by atoms with Gasteiger partial charge >= 0.3 is 0 Å². The third-order valence-electron chi connectivity index (χ3n) is 4.87. The standard InChI is InChI=1S/C27H28Cl2N2O5/c1-4-11-35-23-10-9-20(15-24(23)33-3)27(32)31-30-16-19-13-22(29)26(25(14-19)34-5-2)36-17-18-7-6-8-21(28)12-18/h6-10,12-16H,4-5,11,17H2,1-3H3,(H,31,32)/b30-16+. The molecule has 0 heterocycles. The maximum Gasteiger partial charge on any atom is 0.271 e. The number of halogens is 2. The number of hydrogen-bond donors (Lipinski definition) is 1. The number of nitrogens with one attached hydrogen (secondary N) is 1. The van der Waals surface area contributed by atoms with E-state index in [-0.39, 0.29) is 6.61 Å². The van der Waals surface area contributed by atoms with E-state index in [1.165, 1.54) is 13.3 Å². The molecule has 0 saturated heterocycles. The molecule has 1 amide bonds. The van der Waals surface area contributed by atoms with Gasteiger partial charge in [0.1, 0.15) is 6.61 Å². The Balaban J connectivity index is 1.70. The van der Waals surface area contributed by atoms with Crippen LogP contribution in [0.3, 0.4) is 0 Å². The molecule has 0 radical (unpaired) electrons. The highest BCUT2D eigenvalue weighted by Gasteiger charge is 2.14. The summed E-state index contributed by atoms with van der Waals surface area (Å²) in [6.07, 6.45) is 2.34. The molecule has 9 heteroatoms. The number of hydrogen-bond acceptors (Lipinski definition) is 6. The Morgan fingerprint density at radius 3 is 2.53 bits per heavy atom. The number of ether oxygens (including phenoxy) is 4. The molecule has 3 aromatic carbocycles. The van der Waals surface area contributed by atoms with Crippen LogP contribution in [-0.4, -0.2) is 32.4 Å². The maximum atomic E-state index is 12.6. The van der Waals surface area contributed by atoms with Gasteiger partial charge in [0.05, 0.1) is 31.6 Å². The molecule has 0 aliphatic carbocycles. The number of amides is 1. The van der Waals surface area contributed by atoms with Crippen LogP contribution in [0.1, 0.15) is 41.8 Å². The highest BCUT2D eigenvalue weighted by atomic mass is 35.5. The summed E-state index contributed by atoms with van der Waals surface area (Å²) in [6, 6.07) is 15.7. The van der Waals surface area contributed by atoms with E-state index in [1.54, 1.807) is 36.4 Å². The summed E-state index contributed by atoms with van der Waals surface area (Å²) in [5.74, 6) is 1.53. The quantitative estimate of drug-likeness (QED) is 0.212. The van der Waals surface area contributed by atoms with Gasteiger partial charge in [-0.25, -0.2) is 5.43 Å². The van der Waals surface area contributed by atoms with Gasteiger partial charge in [0.25, 0.3) is 5.91 Å².